The molecular weight excluding hydrogens is 381 g/mol. The fraction of sp³-hybridized carbons (Fsp3) is 0.409. The highest BCUT2D eigenvalue weighted by Gasteiger charge is 2.28. The number of nitrogens with zero attached hydrogens (tertiary/aromatic N) is 2. The van der Waals surface area contributed by atoms with Gasteiger partial charge in [0.2, 0.25) is 0 Å². The van der Waals surface area contributed by atoms with Crippen molar-refractivity contribution in [2.24, 2.45) is 0 Å². The highest BCUT2D eigenvalue weighted by molar-refractivity contribution is 8.03. The molecule has 0 fully saturated rings. The number of hydrogen-bond acceptors (Lipinski definition) is 2. The molecule has 6 heteroatoms. The fourth-order valence-corrected chi connectivity index (χ4v) is 3.90. The van der Waals surface area contributed by atoms with E-state index >= 15 is 0 Å². The van der Waals surface area contributed by atoms with Crippen molar-refractivity contribution in [1.29, 1.82) is 0 Å². The van der Waals surface area contributed by atoms with Gasteiger partial charge in [-0.2, -0.15) is 13.2 Å². The van der Waals surface area contributed by atoms with Gasteiger partial charge >= 0.3 is 6.18 Å². The lowest BCUT2D eigenvalue weighted by Gasteiger charge is -2.20. The Balaban J connectivity index is 2.40. The van der Waals surface area contributed by atoms with Gasteiger partial charge in [0.05, 0.1) is 11.0 Å². The van der Waals surface area contributed by atoms with Crippen molar-refractivity contribution in [2.45, 2.75) is 63.6 Å². The van der Waals surface area contributed by atoms with E-state index in [1.807, 2.05) is 68.7 Å². The summed E-state index contributed by atoms with van der Waals surface area (Å²) in [6.45, 7) is 12.1. The predicted molar refractivity (Wildman–Crippen MR) is 113 cm³/mol. The molecule has 0 aliphatic heterocycles. The maximum atomic E-state index is 12.6. The Labute approximate surface area is 169 Å². The molecule has 0 bridgehead atoms. The summed E-state index contributed by atoms with van der Waals surface area (Å²) in [6, 6.07) is 5.94. The van der Waals surface area contributed by atoms with Gasteiger partial charge in [-0.15, -0.1) is 0 Å². The largest absolute Gasteiger partial charge is 0.389 e. The fourth-order valence-electron chi connectivity index (χ4n) is 2.95. The molecule has 0 radical (unpaired) electrons. The zero-order valence-corrected chi connectivity index (χ0v) is 17.6. The van der Waals surface area contributed by atoms with Gasteiger partial charge in [-0.3, -0.25) is 0 Å². The summed E-state index contributed by atoms with van der Waals surface area (Å²) in [5.74, 6) is 0.808. The molecule has 2 rings (SSSR count). The SMILES string of the molecule is C=C/C=C(\C=C/C)Sc1ccc2c(c1)nc(C(C)(C)C)n2CCCC(F)(F)F. The molecule has 0 saturated heterocycles. The van der Waals surface area contributed by atoms with Gasteiger partial charge in [0.1, 0.15) is 5.82 Å². The molecule has 0 aliphatic carbocycles. The van der Waals surface area contributed by atoms with E-state index in [-0.39, 0.29) is 11.8 Å². The molecule has 0 N–H and O–H groups in total. The van der Waals surface area contributed by atoms with Crippen LogP contribution in [0.4, 0.5) is 13.2 Å². The number of thioether (sulfide) groups is 1. The van der Waals surface area contributed by atoms with Crippen LogP contribution in [0.25, 0.3) is 11.0 Å². The first kappa shape index (κ1) is 22.3. The Kier molecular flexibility index (Phi) is 7.21. The van der Waals surface area contributed by atoms with E-state index in [9.17, 15) is 13.2 Å². The average molecular weight is 409 g/mol. The topological polar surface area (TPSA) is 17.8 Å². The lowest BCUT2D eigenvalue weighted by Crippen LogP contribution is -2.20. The van der Waals surface area contributed by atoms with Crippen molar-refractivity contribution in [2.75, 3.05) is 0 Å². The van der Waals surface area contributed by atoms with E-state index in [1.165, 1.54) is 0 Å². The Morgan fingerprint density at radius 2 is 1.96 bits per heavy atom. The molecule has 28 heavy (non-hydrogen) atoms. The molecule has 152 valence electrons. The van der Waals surface area contributed by atoms with Crippen LogP contribution in [-0.2, 0) is 12.0 Å². The van der Waals surface area contributed by atoms with Crippen LogP contribution in [0.5, 0.6) is 0 Å². The van der Waals surface area contributed by atoms with E-state index < -0.39 is 12.6 Å². The lowest BCUT2D eigenvalue weighted by molar-refractivity contribution is -0.135. The van der Waals surface area contributed by atoms with Crippen molar-refractivity contribution < 1.29 is 13.2 Å². The van der Waals surface area contributed by atoms with E-state index in [2.05, 4.69) is 6.58 Å². The third-order valence-corrected chi connectivity index (χ3v) is 5.08. The smallest absolute Gasteiger partial charge is 0.328 e. The van der Waals surface area contributed by atoms with Crippen molar-refractivity contribution in [3.63, 3.8) is 0 Å². The number of allylic oxidation sites excluding steroid dienone is 4. The standard InChI is InChI=1S/C22H27F3N2S/c1-6-9-16(10-7-2)28-17-11-12-19-18(15-17)26-20(21(3,4)5)27(19)14-8-13-22(23,24)25/h6-7,9-12,15H,1,8,13-14H2,2-5H3/b10-7-,16-9+. The summed E-state index contributed by atoms with van der Waals surface area (Å²) >= 11 is 1.60. The third kappa shape index (κ3) is 6.03. The van der Waals surface area contributed by atoms with Gasteiger partial charge < -0.3 is 4.57 Å². The Morgan fingerprint density at radius 3 is 2.54 bits per heavy atom. The zero-order chi connectivity index (χ0) is 20.9. The first-order valence-corrected chi connectivity index (χ1v) is 10.1. The minimum Gasteiger partial charge on any atom is -0.328 e. The highest BCUT2D eigenvalue weighted by atomic mass is 32.2. The summed E-state index contributed by atoms with van der Waals surface area (Å²) < 4.78 is 39.7. The summed E-state index contributed by atoms with van der Waals surface area (Å²) in [4.78, 5) is 6.85. The molecule has 0 unspecified atom stereocenters. The molecule has 0 saturated carbocycles. The molecule has 0 amide bonds. The van der Waals surface area contributed by atoms with Gasteiger partial charge in [0.25, 0.3) is 0 Å². The molecule has 2 nitrogen and oxygen atoms in total. The number of alkyl halides is 3. The number of aromatic nitrogens is 2. The maximum absolute atomic E-state index is 12.6. The molecule has 1 aromatic heterocycles. The van der Waals surface area contributed by atoms with Gasteiger partial charge in [0, 0.05) is 28.2 Å². The second kappa shape index (κ2) is 9.03. The van der Waals surface area contributed by atoms with Crippen molar-refractivity contribution in [1.82, 2.24) is 9.55 Å². The first-order valence-electron chi connectivity index (χ1n) is 9.26. The average Bonchev–Trinajstić information content (AvgIpc) is 2.92. The Morgan fingerprint density at radius 1 is 1.25 bits per heavy atom. The van der Waals surface area contributed by atoms with E-state index in [0.29, 0.717) is 6.54 Å². The normalized spacial score (nSPS) is 13.6. The third-order valence-electron chi connectivity index (χ3n) is 4.08. The van der Waals surface area contributed by atoms with Crippen LogP contribution in [0.3, 0.4) is 0 Å². The predicted octanol–water partition coefficient (Wildman–Crippen LogP) is 7.41. The number of halogens is 3. The summed E-state index contributed by atoms with van der Waals surface area (Å²) in [5.41, 5.74) is 1.42. The monoisotopic (exact) mass is 408 g/mol. The van der Waals surface area contributed by atoms with E-state index in [0.717, 1.165) is 26.7 Å². The van der Waals surface area contributed by atoms with Crippen LogP contribution < -0.4 is 0 Å². The van der Waals surface area contributed by atoms with Gasteiger partial charge in [-0.1, -0.05) is 57.3 Å². The lowest BCUT2D eigenvalue weighted by atomic mass is 9.95. The van der Waals surface area contributed by atoms with Crippen LogP contribution in [-0.4, -0.2) is 15.7 Å². The molecule has 0 aliphatic rings. The second-order valence-corrected chi connectivity index (χ2v) is 8.76. The number of aryl methyl sites for hydroxylation is 1. The number of hydrogen-bond donors (Lipinski definition) is 0. The minimum atomic E-state index is -4.14. The molecule has 0 atom stereocenters. The van der Waals surface area contributed by atoms with Crippen molar-refractivity contribution >= 4 is 22.8 Å². The number of rotatable bonds is 7. The minimum absolute atomic E-state index is 0.0437. The van der Waals surface area contributed by atoms with Crippen molar-refractivity contribution in [3.05, 3.63) is 59.8 Å². The summed E-state index contributed by atoms with van der Waals surface area (Å²) in [7, 11) is 0. The van der Waals surface area contributed by atoms with Crippen LogP contribution >= 0.6 is 11.8 Å². The van der Waals surface area contributed by atoms with E-state index in [1.54, 1.807) is 17.8 Å². The van der Waals surface area contributed by atoms with E-state index in [4.69, 9.17) is 4.98 Å². The Hall–Kier alpha value is -1.95. The zero-order valence-electron chi connectivity index (χ0n) is 16.8. The van der Waals surface area contributed by atoms with Crippen LogP contribution in [0.15, 0.2) is 58.9 Å². The molecular formula is C22H27F3N2S. The van der Waals surface area contributed by atoms with Gasteiger partial charge in [0.15, 0.2) is 0 Å². The summed E-state index contributed by atoms with van der Waals surface area (Å²) in [5, 5.41) is 0. The number of imidazole rings is 1. The van der Waals surface area contributed by atoms with Crippen LogP contribution in [0.2, 0.25) is 0 Å². The molecule has 0 spiro atoms. The number of fused-ring (bicyclic) bond motifs is 1. The van der Waals surface area contributed by atoms with Gasteiger partial charge in [-0.05, 0) is 37.6 Å². The second-order valence-electron chi connectivity index (χ2n) is 7.61. The summed E-state index contributed by atoms with van der Waals surface area (Å²) in [6.07, 6.45) is 2.77. The quantitative estimate of drug-likeness (QED) is 0.350. The van der Waals surface area contributed by atoms with Crippen LogP contribution in [0, 0.1) is 0 Å². The molecule has 2 aromatic rings. The van der Waals surface area contributed by atoms with Crippen LogP contribution in [0.1, 0.15) is 46.4 Å². The highest BCUT2D eigenvalue weighted by Crippen LogP contribution is 2.33. The number of benzene rings is 1. The first-order chi connectivity index (χ1) is 13.0. The maximum Gasteiger partial charge on any atom is 0.389 e. The van der Waals surface area contributed by atoms with Gasteiger partial charge in [-0.25, -0.2) is 4.98 Å². The van der Waals surface area contributed by atoms with Crippen molar-refractivity contribution in [3.8, 4) is 0 Å². The Bertz CT molecular complexity index is 884. The molecule has 1 aromatic carbocycles. The molecule has 1 heterocycles.